The van der Waals surface area contributed by atoms with Gasteiger partial charge in [-0.05, 0) is 68.7 Å². The first-order valence-electron chi connectivity index (χ1n) is 12.7. The Balaban J connectivity index is 1.49. The average Bonchev–Trinajstić information content (AvgIpc) is 2.82. The summed E-state index contributed by atoms with van der Waals surface area (Å²) in [6.07, 6.45) is 0.432. The van der Waals surface area contributed by atoms with Crippen LogP contribution in [-0.2, 0) is 9.59 Å². The Hall–Kier alpha value is -3.55. The zero-order valence-corrected chi connectivity index (χ0v) is 22.1. The minimum absolute atomic E-state index is 0.00259. The third-order valence-corrected chi connectivity index (χ3v) is 6.19. The number of nitrogens with zero attached hydrogens (tertiary/aromatic N) is 3. The second kappa shape index (κ2) is 12.4. The maximum atomic E-state index is 12.6. The number of rotatable bonds is 8. The summed E-state index contributed by atoms with van der Waals surface area (Å²) in [6.45, 7) is 12.6. The first-order chi connectivity index (χ1) is 17.1. The molecule has 2 N–H and O–H groups in total. The number of nitrogens with one attached hydrogen (secondary N) is 2. The van der Waals surface area contributed by atoms with E-state index in [-0.39, 0.29) is 36.3 Å². The van der Waals surface area contributed by atoms with Gasteiger partial charge in [-0.2, -0.15) is 0 Å². The molecule has 1 aliphatic heterocycles. The zero-order chi connectivity index (χ0) is 26.2. The summed E-state index contributed by atoms with van der Waals surface area (Å²) in [5, 5.41) is 5.87. The quantitative estimate of drug-likeness (QED) is 0.564. The van der Waals surface area contributed by atoms with Gasteiger partial charge in [0, 0.05) is 55.7 Å². The molecule has 0 radical (unpaired) electrons. The van der Waals surface area contributed by atoms with Gasteiger partial charge in [0.25, 0.3) is 0 Å². The van der Waals surface area contributed by atoms with E-state index in [0.717, 1.165) is 30.0 Å². The molecule has 3 rings (SSSR count). The number of piperazine rings is 1. The molecule has 0 atom stereocenters. The van der Waals surface area contributed by atoms with Crippen molar-refractivity contribution in [2.24, 2.45) is 5.92 Å². The minimum atomic E-state index is -0.207. The van der Waals surface area contributed by atoms with Crippen LogP contribution in [0.3, 0.4) is 0 Å². The van der Waals surface area contributed by atoms with E-state index in [2.05, 4.69) is 15.5 Å². The van der Waals surface area contributed by atoms with Crippen LogP contribution in [0.1, 0.15) is 39.7 Å². The number of benzene rings is 2. The Labute approximate surface area is 214 Å². The molecule has 1 aliphatic rings. The molecular formula is C28H39N5O3. The molecule has 4 amide bonds. The number of aryl methyl sites for hydroxylation is 1. The largest absolute Gasteiger partial charge is 0.368 e. The van der Waals surface area contributed by atoms with Crippen molar-refractivity contribution in [1.82, 2.24) is 9.80 Å². The van der Waals surface area contributed by atoms with E-state index in [4.69, 9.17) is 0 Å². The third-order valence-electron chi connectivity index (χ3n) is 6.19. The van der Waals surface area contributed by atoms with Crippen LogP contribution >= 0.6 is 0 Å². The van der Waals surface area contributed by atoms with Gasteiger partial charge in [0.05, 0.1) is 0 Å². The van der Waals surface area contributed by atoms with E-state index < -0.39 is 0 Å². The summed E-state index contributed by atoms with van der Waals surface area (Å²) in [5.74, 6) is 0.0396. The van der Waals surface area contributed by atoms with E-state index in [9.17, 15) is 14.4 Å². The molecule has 1 heterocycles. The van der Waals surface area contributed by atoms with Crippen LogP contribution in [0, 0.1) is 12.8 Å². The third kappa shape index (κ3) is 7.73. The van der Waals surface area contributed by atoms with E-state index in [0.29, 0.717) is 25.2 Å². The maximum absolute atomic E-state index is 12.6. The molecule has 0 aliphatic carbocycles. The van der Waals surface area contributed by atoms with Crippen LogP contribution < -0.4 is 15.5 Å². The first-order valence-corrected chi connectivity index (χ1v) is 12.7. The number of urea groups is 1. The van der Waals surface area contributed by atoms with Crippen molar-refractivity contribution in [3.63, 3.8) is 0 Å². The Kier molecular flexibility index (Phi) is 9.33. The topological polar surface area (TPSA) is 85.0 Å². The zero-order valence-electron chi connectivity index (χ0n) is 22.1. The van der Waals surface area contributed by atoms with E-state index >= 15 is 0 Å². The predicted molar refractivity (Wildman–Crippen MR) is 145 cm³/mol. The van der Waals surface area contributed by atoms with Crippen molar-refractivity contribution in [3.05, 3.63) is 54.1 Å². The van der Waals surface area contributed by atoms with Crippen LogP contribution in [0.5, 0.6) is 0 Å². The Morgan fingerprint density at radius 2 is 1.56 bits per heavy atom. The van der Waals surface area contributed by atoms with E-state index in [1.807, 2.05) is 88.0 Å². The fraction of sp³-hybridized carbons (Fsp3) is 0.464. The lowest BCUT2D eigenvalue weighted by molar-refractivity contribution is -0.137. The highest BCUT2D eigenvalue weighted by atomic mass is 16.2. The van der Waals surface area contributed by atoms with Crippen LogP contribution in [0.15, 0.2) is 48.5 Å². The van der Waals surface area contributed by atoms with Crippen molar-refractivity contribution in [1.29, 1.82) is 0 Å². The summed E-state index contributed by atoms with van der Waals surface area (Å²) >= 11 is 0. The van der Waals surface area contributed by atoms with Gasteiger partial charge >= 0.3 is 6.03 Å². The van der Waals surface area contributed by atoms with Crippen LogP contribution in [0.4, 0.5) is 21.9 Å². The summed E-state index contributed by atoms with van der Waals surface area (Å²) in [5.41, 5.74) is 3.65. The van der Waals surface area contributed by atoms with Crippen LogP contribution in [0.2, 0.25) is 0 Å². The average molecular weight is 494 g/mol. The number of carbonyl (C=O) groups excluding carboxylic acids is 3. The Bertz CT molecular complexity index is 1040. The lowest BCUT2D eigenvalue weighted by Gasteiger charge is -2.36. The molecule has 8 heteroatoms. The summed E-state index contributed by atoms with van der Waals surface area (Å²) < 4.78 is 0. The minimum Gasteiger partial charge on any atom is -0.368 e. The monoisotopic (exact) mass is 493 g/mol. The molecule has 194 valence electrons. The van der Waals surface area contributed by atoms with Crippen molar-refractivity contribution >= 4 is 34.9 Å². The molecular weight excluding hydrogens is 454 g/mol. The van der Waals surface area contributed by atoms with Gasteiger partial charge in [-0.15, -0.1) is 0 Å². The molecule has 2 aromatic carbocycles. The van der Waals surface area contributed by atoms with Crippen molar-refractivity contribution in [2.45, 2.75) is 47.1 Å². The SMILES string of the molecule is Cc1cccc(NC(=O)N2CCN(c3ccc(NC(=O)CN(C(=O)CC(C)C)C(C)C)cc3)CC2)c1. The molecule has 0 spiro atoms. The van der Waals surface area contributed by atoms with Crippen molar-refractivity contribution < 1.29 is 14.4 Å². The number of anilines is 3. The lowest BCUT2D eigenvalue weighted by Crippen LogP contribution is -2.50. The molecule has 0 bridgehead atoms. The normalized spacial score (nSPS) is 13.6. The van der Waals surface area contributed by atoms with Gasteiger partial charge in [-0.3, -0.25) is 9.59 Å². The highest BCUT2D eigenvalue weighted by molar-refractivity contribution is 5.94. The molecule has 8 nitrogen and oxygen atoms in total. The second-order valence-electron chi connectivity index (χ2n) is 10.1. The van der Waals surface area contributed by atoms with Crippen LogP contribution in [-0.4, -0.2) is 66.4 Å². The molecule has 36 heavy (non-hydrogen) atoms. The predicted octanol–water partition coefficient (Wildman–Crippen LogP) is 4.57. The molecule has 1 saturated heterocycles. The van der Waals surface area contributed by atoms with Gasteiger partial charge in [-0.1, -0.05) is 26.0 Å². The summed E-state index contributed by atoms with van der Waals surface area (Å²) in [4.78, 5) is 43.4. The first kappa shape index (κ1) is 27.0. The molecule has 2 aromatic rings. The molecule has 0 saturated carbocycles. The van der Waals surface area contributed by atoms with Gasteiger partial charge < -0.3 is 25.3 Å². The van der Waals surface area contributed by atoms with E-state index in [1.165, 1.54) is 0 Å². The highest BCUT2D eigenvalue weighted by Crippen LogP contribution is 2.20. The van der Waals surface area contributed by atoms with Gasteiger partial charge in [0.15, 0.2) is 0 Å². The van der Waals surface area contributed by atoms with Gasteiger partial charge in [0.1, 0.15) is 6.54 Å². The van der Waals surface area contributed by atoms with Gasteiger partial charge in [-0.25, -0.2) is 4.79 Å². The summed E-state index contributed by atoms with van der Waals surface area (Å²) in [6, 6.07) is 15.4. The van der Waals surface area contributed by atoms with Crippen molar-refractivity contribution in [2.75, 3.05) is 48.3 Å². The Morgan fingerprint density at radius 1 is 0.889 bits per heavy atom. The fourth-order valence-electron chi connectivity index (χ4n) is 4.23. The second-order valence-corrected chi connectivity index (χ2v) is 10.1. The smallest absolute Gasteiger partial charge is 0.321 e. The number of hydrogen-bond donors (Lipinski definition) is 2. The molecule has 0 unspecified atom stereocenters. The highest BCUT2D eigenvalue weighted by Gasteiger charge is 2.23. The van der Waals surface area contributed by atoms with E-state index in [1.54, 1.807) is 4.90 Å². The summed E-state index contributed by atoms with van der Waals surface area (Å²) in [7, 11) is 0. The molecule has 1 fully saturated rings. The molecule has 0 aromatic heterocycles. The lowest BCUT2D eigenvalue weighted by atomic mass is 10.1. The van der Waals surface area contributed by atoms with Crippen molar-refractivity contribution in [3.8, 4) is 0 Å². The number of carbonyl (C=O) groups is 3. The Morgan fingerprint density at radius 3 is 2.14 bits per heavy atom. The number of amides is 4. The standard InChI is InChI=1S/C28H39N5O3/c1-20(2)17-27(35)33(21(3)4)19-26(34)29-23-9-11-25(12-10-23)31-13-15-32(16-14-31)28(36)30-24-8-6-7-22(5)18-24/h6-12,18,20-21H,13-17,19H2,1-5H3,(H,29,34)(H,30,36). The fourth-order valence-corrected chi connectivity index (χ4v) is 4.23. The number of hydrogen-bond acceptors (Lipinski definition) is 4. The van der Waals surface area contributed by atoms with Gasteiger partial charge in [0.2, 0.25) is 11.8 Å². The van der Waals surface area contributed by atoms with Crippen LogP contribution in [0.25, 0.3) is 0 Å². The maximum Gasteiger partial charge on any atom is 0.321 e.